The third-order valence-electron chi connectivity index (χ3n) is 7.12. The molecule has 2 amide bonds. The fraction of sp³-hybridized carbons (Fsp3) is 0.560. The van der Waals surface area contributed by atoms with Crippen LogP contribution in [0.2, 0.25) is 0 Å². The molecule has 32 heavy (non-hydrogen) atoms. The van der Waals surface area contributed by atoms with E-state index in [-0.39, 0.29) is 29.8 Å². The summed E-state index contributed by atoms with van der Waals surface area (Å²) < 4.78 is 5.38. The molecule has 0 radical (unpaired) electrons. The van der Waals surface area contributed by atoms with Crippen LogP contribution in [0, 0.1) is 0 Å². The number of hydrogen-bond acceptors (Lipinski definition) is 4. The van der Waals surface area contributed by atoms with Gasteiger partial charge in [0.1, 0.15) is 5.75 Å². The molecule has 7 nitrogen and oxygen atoms in total. The molecule has 4 rings (SSSR count). The van der Waals surface area contributed by atoms with Gasteiger partial charge < -0.3 is 14.5 Å². The summed E-state index contributed by atoms with van der Waals surface area (Å²) in [5, 5.41) is 7.33. The topological polar surface area (TPSA) is 78.5 Å². The average Bonchev–Trinajstić information content (AvgIpc) is 3.29. The van der Waals surface area contributed by atoms with E-state index in [2.05, 4.69) is 24.0 Å². The van der Waals surface area contributed by atoms with Crippen molar-refractivity contribution in [3.8, 4) is 5.75 Å². The van der Waals surface area contributed by atoms with E-state index >= 15 is 0 Å². The van der Waals surface area contributed by atoms with E-state index in [1.165, 1.54) is 6.42 Å². The highest BCUT2D eigenvalue weighted by atomic mass is 16.5. The molecule has 0 unspecified atom stereocenters. The predicted octanol–water partition coefficient (Wildman–Crippen LogP) is 3.77. The molecule has 7 heteroatoms. The number of aromatic amines is 1. The fourth-order valence-electron chi connectivity index (χ4n) is 5.28. The second-order valence-electron chi connectivity index (χ2n) is 9.18. The van der Waals surface area contributed by atoms with Gasteiger partial charge in [-0.15, -0.1) is 0 Å². The minimum absolute atomic E-state index is 0.0862. The molecular weight excluding hydrogens is 404 g/mol. The van der Waals surface area contributed by atoms with Crippen molar-refractivity contribution in [1.29, 1.82) is 0 Å². The van der Waals surface area contributed by atoms with Crippen LogP contribution in [0.25, 0.3) is 0 Å². The van der Waals surface area contributed by atoms with Crippen LogP contribution in [-0.2, 0) is 11.2 Å². The summed E-state index contributed by atoms with van der Waals surface area (Å²) >= 11 is 0. The normalized spacial score (nSPS) is 22.1. The molecule has 172 valence electrons. The minimum Gasteiger partial charge on any atom is -0.496 e. The van der Waals surface area contributed by atoms with Gasteiger partial charge in [0.2, 0.25) is 5.91 Å². The highest BCUT2D eigenvalue weighted by molar-refractivity contribution is 5.95. The highest BCUT2D eigenvalue weighted by Crippen LogP contribution is 2.32. The molecule has 1 aromatic carbocycles. The molecule has 1 aromatic heterocycles. The van der Waals surface area contributed by atoms with Crippen molar-refractivity contribution in [2.75, 3.05) is 20.2 Å². The van der Waals surface area contributed by atoms with Crippen LogP contribution >= 0.6 is 0 Å². The Hall–Kier alpha value is -2.83. The van der Waals surface area contributed by atoms with Crippen molar-refractivity contribution >= 4 is 11.8 Å². The minimum atomic E-state index is 0.0862. The van der Waals surface area contributed by atoms with Gasteiger partial charge in [0.15, 0.2) is 0 Å². The summed E-state index contributed by atoms with van der Waals surface area (Å²) in [6.45, 7) is 5.64. The maximum atomic E-state index is 13.4. The van der Waals surface area contributed by atoms with E-state index in [1.54, 1.807) is 13.3 Å². The molecule has 1 N–H and O–H groups in total. The zero-order valence-electron chi connectivity index (χ0n) is 19.3. The van der Waals surface area contributed by atoms with Crippen LogP contribution in [0.1, 0.15) is 73.5 Å². The van der Waals surface area contributed by atoms with Crippen molar-refractivity contribution < 1.29 is 14.3 Å². The number of carbonyl (C=O) groups is 2. The third kappa shape index (κ3) is 4.52. The van der Waals surface area contributed by atoms with Gasteiger partial charge in [-0.2, -0.15) is 5.10 Å². The maximum Gasteiger partial charge on any atom is 0.257 e. The molecule has 2 saturated heterocycles. The van der Waals surface area contributed by atoms with E-state index in [9.17, 15) is 9.59 Å². The quantitative estimate of drug-likeness (QED) is 0.771. The number of methoxy groups -OCH3 is 1. The van der Waals surface area contributed by atoms with Crippen LogP contribution in [0.5, 0.6) is 5.75 Å². The molecule has 0 spiro atoms. The number of benzene rings is 1. The van der Waals surface area contributed by atoms with Crippen molar-refractivity contribution in [3.05, 3.63) is 47.3 Å². The first kappa shape index (κ1) is 22.4. The van der Waals surface area contributed by atoms with Gasteiger partial charge in [-0.3, -0.25) is 14.7 Å². The van der Waals surface area contributed by atoms with Gasteiger partial charge in [-0.1, -0.05) is 18.2 Å². The van der Waals surface area contributed by atoms with Crippen LogP contribution in [-0.4, -0.2) is 64.1 Å². The van der Waals surface area contributed by atoms with E-state index in [0.29, 0.717) is 25.1 Å². The molecule has 2 aliphatic rings. The van der Waals surface area contributed by atoms with Crippen LogP contribution in [0.15, 0.2) is 30.5 Å². The summed E-state index contributed by atoms with van der Waals surface area (Å²) in [4.78, 5) is 30.2. The zero-order chi connectivity index (χ0) is 22.7. The fourth-order valence-corrected chi connectivity index (χ4v) is 5.28. The Morgan fingerprint density at radius 2 is 1.78 bits per heavy atom. The molecule has 2 aromatic rings. The first-order valence-corrected chi connectivity index (χ1v) is 11.7. The number of para-hydroxylation sites is 1. The Morgan fingerprint density at radius 3 is 2.47 bits per heavy atom. The molecule has 2 aliphatic heterocycles. The summed E-state index contributed by atoms with van der Waals surface area (Å²) in [5.74, 6) is 1.16. The standard InChI is InChI=1S/C25H34N4O3/c1-17-7-6-8-18(2)29(17)25(31)21-16-26-27-24(21)19-11-13-28(14-12-19)23(30)15-20-9-4-5-10-22(20)32-3/h4-5,9-10,16-19H,6-8,11-15H2,1-3H3,(H,26,27)/t17-,18-/m1/s1. The van der Waals surface area contributed by atoms with Crippen molar-refractivity contribution in [2.24, 2.45) is 0 Å². The number of H-pyrrole nitrogens is 1. The largest absolute Gasteiger partial charge is 0.496 e. The molecule has 2 fully saturated rings. The SMILES string of the molecule is COc1ccccc1CC(=O)N1CCC(c2[nH]ncc2C(=O)N2[C@H](C)CCC[C@H]2C)CC1. The van der Waals surface area contributed by atoms with Crippen LogP contribution < -0.4 is 4.74 Å². The number of likely N-dealkylation sites (tertiary alicyclic amines) is 2. The number of nitrogens with zero attached hydrogens (tertiary/aromatic N) is 3. The number of ether oxygens (including phenoxy) is 1. The van der Waals surface area contributed by atoms with Crippen LogP contribution in [0.4, 0.5) is 0 Å². The summed E-state index contributed by atoms with van der Waals surface area (Å²) in [7, 11) is 1.63. The molecule has 0 saturated carbocycles. The number of nitrogens with one attached hydrogen (secondary N) is 1. The molecule has 3 heterocycles. The average molecular weight is 439 g/mol. The predicted molar refractivity (Wildman–Crippen MR) is 123 cm³/mol. The Kier molecular flexibility index (Phi) is 6.82. The highest BCUT2D eigenvalue weighted by Gasteiger charge is 2.34. The number of rotatable bonds is 5. The number of carbonyl (C=O) groups excluding carboxylic acids is 2. The second-order valence-corrected chi connectivity index (χ2v) is 9.18. The lowest BCUT2D eigenvalue weighted by molar-refractivity contribution is -0.131. The van der Waals surface area contributed by atoms with Gasteiger partial charge in [0.05, 0.1) is 31.0 Å². The zero-order valence-corrected chi connectivity index (χ0v) is 19.3. The summed E-state index contributed by atoms with van der Waals surface area (Å²) in [5.41, 5.74) is 2.54. The summed E-state index contributed by atoms with van der Waals surface area (Å²) in [6, 6.07) is 8.17. The van der Waals surface area contributed by atoms with Gasteiger partial charge in [-0.25, -0.2) is 0 Å². The van der Waals surface area contributed by atoms with Crippen molar-refractivity contribution in [2.45, 2.75) is 70.4 Å². The van der Waals surface area contributed by atoms with E-state index in [0.717, 1.165) is 42.7 Å². The monoisotopic (exact) mass is 438 g/mol. The summed E-state index contributed by atoms with van der Waals surface area (Å²) in [6.07, 6.45) is 6.95. The van der Waals surface area contributed by atoms with E-state index in [1.807, 2.05) is 34.1 Å². The van der Waals surface area contributed by atoms with Gasteiger partial charge in [-0.05, 0) is 52.0 Å². The van der Waals surface area contributed by atoms with Crippen LogP contribution in [0.3, 0.4) is 0 Å². The number of amides is 2. The maximum absolute atomic E-state index is 13.4. The van der Waals surface area contributed by atoms with E-state index < -0.39 is 0 Å². The van der Waals surface area contributed by atoms with Crippen molar-refractivity contribution in [3.63, 3.8) is 0 Å². The van der Waals surface area contributed by atoms with Gasteiger partial charge >= 0.3 is 0 Å². The molecule has 0 bridgehead atoms. The third-order valence-corrected chi connectivity index (χ3v) is 7.12. The van der Waals surface area contributed by atoms with E-state index in [4.69, 9.17) is 4.74 Å². The lowest BCUT2D eigenvalue weighted by Crippen LogP contribution is -2.47. The smallest absolute Gasteiger partial charge is 0.257 e. The number of piperidine rings is 2. The molecular formula is C25H34N4O3. The lowest BCUT2D eigenvalue weighted by atomic mass is 9.90. The first-order chi connectivity index (χ1) is 15.5. The van der Waals surface area contributed by atoms with Gasteiger partial charge in [0.25, 0.3) is 5.91 Å². The first-order valence-electron chi connectivity index (χ1n) is 11.7. The Morgan fingerprint density at radius 1 is 1.09 bits per heavy atom. The Labute approximate surface area is 190 Å². The lowest BCUT2D eigenvalue weighted by Gasteiger charge is -2.39. The Bertz CT molecular complexity index is 938. The number of hydrogen-bond donors (Lipinski definition) is 1. The van der Waals surface area contributed by atoms with Gasteiger partial charge in [0, 0.05) is 36.7 Å². The molecule has 0 aliphatic carbocycles. The molecule has 2 atom stereocenters. The van der Waals surface area contributed by atoms with Crippen molar-refractivity contribution in [1.82, 2.24) is 20.0 Å². The number of aromatic nitrogens is 2. The Balaban J connectivity index is 1.39. The second kappa shape index (κ2) is 9.76.